The Hall–Kier alpha value is -2.98. The Balaban J connectivity index is 2.04. The summed E-state index contributed by atoms with van der Waals surface area (Å²) in [6, 6.07) is 6.92. The molecule has 0 aliphatic carbocycles. The van der Waals surface area contributed by atoms with Crippen LogP contribution in [0.5, 0.6) is 0 Å². The first-order chi connectivity index (χ1) is 17.0. The highest BCUT2D eigenvalue weighted by Crippen LogP contribution is 2.24. The zero-order valence-corrected chi connectivity index (χ0v) is 21.2. The maximum atomic E-state index is 13.3. The zero-order chi connectivity index (χ0) is 26.7. The average Bonchev–Trinajstić information content (AvgIpc) is 3.31. The predicted octanol–water partition coefficient (Wildman–Crippen LogP) is 2.58. The van der Waals surface area contributed by atoms with Gasteiger partial charge in [0.05, 0.1) is 6.04 Å². The van der Waals surface area contributed by atoms with Crippen LogP contribution in [0.2, 0.25) is 0 Å². The monoisotopic (exact) mass is 505 g/mol. The summed E-state index contributed by atoms with van der Waals surface area (Å²) in [4.78, 5) is 50.5. The van der Waals surface area contributed by atoms with Crippen molar-refractivity contribution >= 4 is 23.8 Å². The Morgan fingerprint density at radius 1 is 1.11 bits per heavy atom. The first kappa shape index (κ1) is 29.3. The number of ether oxygens (including phenoxy) is 1. The lowest BCUT2D eigenvalue weighted by Gasteiger charge is -2.31. The number of aryl methyl sites for hydroxylation is 1. The van der Waals surface area contributed by atoms with Crippen molar-refractivity contribution in [2.45, 2.75) is 88.9 Å². The molecule has 1 heterocycles. The number of likely N-dealkylation sites (tertiary alicyclic amines) is 1. The summed E-state index contributed by atoms with van der Waals surface area (Å²) in [6.45, 7) is 3.93. The molecule has 5 N–H and O–H groups in total. The van der Waals surface area contributed by atoms with Crippen LogP contribution in [0.3, 0.4) is 0 Å². The molecule has 0 radical (unpaired) electrons. The third-order valence-corrected chi connectivity index (χ3v) is 6.34. The van der Waals surface area contributed by atoms with Crippen molar-refractivity contribution < 1.29 is 34.1 Å². The fourth-order valence-corrected chi connectivity index (χ4v) is 4.42. The quantitative estimate of drug-likeness (QED) is 0.263. The second kappa shape index (κ2) is 13.9. The van der Waals surface area contributed by atoms with Crippen molar-refractivity contribution in [2.75, 3.05) is 13.1 Å². The molecule has 10 nitrogen and oxygen atoms in total. The molecule has 200 valence electrons. The lowest BCUT2D eigenvalue weighted by molar-refractivity contribution is -0.143. The number of ketones is 1. The van der Waals surface area contributed by atoms with Gasteiger partial charge in [-0.05, 0) is 64.5 Å². The highest BCUT2D eigenvalue weighted by atomic mass is 16.6. The van der Waals surface area contributed by atoms with Crippen LogP contribution >= 0.6 is 0 Å². The fraction of sp³-hybridized carbons (Fsp3) is 0.615. The number of hydrogen-bond donors (Lipinski definition) is 4. The topological polar surface area (TPSA) is 159 Å². The predicted molar refractivity (Wildman–Crippen MR) is 134 cm³/mol. The van der Waals surface area contributed by atoms with E-state index in [1.165, 1.54) is 4.90 Å². The summed E-state index contributed by atoms with van der Waals surface area (Å²) in [5.41, 5.74) is 5.41. The van der Waals surface area contributed by atoms with Gasteiger partial charge >= 0.3 is 18.0 Å². The van der Waals surface area contributed by atoms with E-state index in [2.05, 4.69) is 5.32 Å². The molecule has 1 aromatic carbocycles. The maximum Gasteiger partial charge on any atom is 0.411 e. The molecule has 1 aliphatic rings. The number of carbonyl (C=O) groups excluding carboxylic acids is 2. The molecule has 1 aromatic rings. The van der Waals surface area contributed by atoms with Gasteiger partial charge in [-0.1, -0.05) is 36.8 Å². The Morgan fingerprint density at radius 2 is 1.81 bits per heavy atom. The highest BCUT2D eigenvalue weighted by Gasteiger charge is 2.39. The molecule has 1 amide bonds. The number of nitrogens with one attached hydrogen (secondary N) is 1. The van der Waals surface area contributed by atoms with Crippen molar-refractivity contribution in [3.63, 3.8) is 0 Å². The van der Waals surface area contributed by atoms with Gasteiger partial charge in [0.1, 0.15) is 17.7 Å². The normalized spacial score (nSPS) is 17.4. The summed E-state index contributed by atoms with van der Waals surface area (Å²) in [5.74, 6) is -2.40. The summed E-state index contributed by atoms with van der Waals surface area (Å²) < 4.78 is 5.55. The first-order valence-corrected chi connectivity index (χ1v) is 12.5. The molecule has 0 aromatic heterocycles. The number of Topliss-reactive ketones (excluding diaryl/α,β-unsaturated/α-hetero) is 1. The molecule has 0 bridgehead atoms. The average molecular weight is 506 g/mol. The molecule has 1 fully saturated rings. The Morgan fingerprint density at radius 3 is 2.42 bits per heavy atom. The van der Waals surface area contributed by atoms with Gasteiger partial charge in [0.25, 0.3) is 0 Å². The van der Waals surface area contributed by atoms with E-state index in [0.717, 1.165) is 5.56 Å². The van der Waals surface area contributed by atoms with Crippen molar-refractivity contribution in [1.82, 2.24) is 10.2 Å². The van der Waals surface area contributed by atoms with Crippen LogP contribution in [-0.4, -0.2) is 75.7 Å². The number of rotatable bonds is 15. The Labute approximate surface area is 212 Å². The summed E-state index contributed by atoms with van der Waals surface area (Å²) in [5, 5.41) is 22.1. The zero-order valence-electron chi connectivity index (χ0n) is 21.2. The first-order valence-electron chi connectivity index (χ1n) is 12.5. The third-order valence-electron chi connectivity index (χ3n) is 6.34. The smallest absolute Gasteiger partial charge is 0.411 e. The van der Waals surface area contributed by atoms with Gasteiger partial charge in [-0.15, -0.1) is 0 Å². The van der Waals surface area contributed by atoms with Gasteiger partial charge in [-0.25, -0.2) is 9.59 Å². The van der Waals surface area contributed by atoms with Crippen molar-refractivity contribution in [3.05, 3.63) is 35.9 Å². The number of carbonyl (C=O) groups is 4. The van der Waals surface area contributed by atoms with Crippen LogP contribution in [0.1, 0.15) is 64.4 Å². The fourth-order valence-electron chi connectivity index (χ4n) is 4.42. The van der Waals surface area contributed by atoms with Crippen LogP contribution in [0.15, 0.2) is 30.3 Å². The van der Waals surface area contributed by atoms with E-state index in [4.69, 9.17) is 10.5 Å². The summed E-state index contributed by atoms with van der Waals surface area (Å²) in [7, 11) is 0. The molecule has 0 unspecified atom stereocenters. The van der Waals surface area contributed by atoms with E-state index < -0.39 is 41.8 Å². The number of hydrogen-bond acceptors (Lipinski definition) is 7. The van der Waals surface area contributed by atoms with Crippen LogP contribution in [0, 0.1) is 0 Å². The number of carboxylic acids is 2. The number of carboxylic acid groups (broad SMARTS) is 2. The maximum absolute atomic E-state index is 13.3. The number of aliphatic carboxylic acids is 2. The molecule has 0 spiro atoms. The van der Waals surface area contributed by atoms with E-state index in [9.17, 15) is 29.4 Å². The van der Waals surface area contributed by atoms with E-state index in [-0.39, 0.29) is 18.7 Å². The lowest BCUT2D eigenvalue weighted by atomic mass is 9.93. The van der Waals surface area contributed by atoms with Crippen molar-refractivity contribution in [3.8, 4) is 0 Å². The van der Waals surface area contributed by atoms with E-state index >= 15 is 0 Å². The van der Waals surface area contributed by atoms with Crippen molar-refractivity contribution in [2.24, 2.45) is 5.73 Å². The second-order valence-electron chi connectivity index (χ2n) is 9.88. The van der Waals surface area contributed by atoms with Crippen molar-refractivity contribution in [1.29, 1.82) is 0 Å². The SMILES string of the molecule is CC(C)(CC(=O)[C@H](CCCCN)N[C@@H](CCc1ccccc1)C(=O)O)OC(=O)N1CCC[C@H]1C(=O)O. The summed E-state index contributed by atoms with van der Waals surface area (Å²) >= 11 is 0. The minimum Gasteiger partial charge on any atom is -0.480 e. The van der Waals surface area contributed by atoms with Gasteiger partial charge < -0.3 is 20.7 Å². The van der Waals surface area contributed by atoms with Crippen LogP contribution < -0.4 is 11.1 Å². The van der Waals surface area contributed by atoms with Crippen LogP contribution in [0.25, 0.3) is 0 Å². The Kier molecular flexibility index (Phi) is 11.3. The van der Waals surface area contributed by atoms with E-state index in [1.807, 2.05) is 30.3 Å². The summed E-state index contributed by atoms with van der Waals surface area (Å²) in [6.07, 6.45) is 2.60. The van der Waals surface area contributed by atoms with E-state index in [0.29, 0.717) is 51.5 Å². The standard InChI is InChI=1S/C26H39N3O7/c1-26(2,36-25(35)29-16-8-12-21(29)24(33)34)17-22(30)19(11-6-7-15-27)28-20(23(31)32)14-13-18-9-4-3-5-10-18/h3-5,9-10,19-21,28H,6-8,11-17,27H2,1-2H3,(H,31,32)(H,33,34)/t19-,20-,21-/m0/s1. The second-order valence-corrected chi connectivity index (χ2v) is 9.88. The van der Waals surface area contributed by atoms with E-state index in [1.54, 1.807) is 13.8 Å². The number of unbranched alkanes of at least 4 members (excludes halogenated alkanes) is 1. The third kappa shape index (κ3) is 9.23. The minimum absolute atomic E-state index is 0.143. The highest BCUT2D eigenvalue weighted by molar-refractivity contribution is 5.86. The Bertz CT molecular complexity index is 891. The van der Waals surface area contributed by atoms with Gasteiger partial charge in [0, 0.05) is 13.0 Å². The van der Waals surface area contributed by atoms with Gasteiger partial charge in [0.15, 0.2) is 5.78 Å². The van der Waals surface area contributed by atoms with Gasteiger partial charge in [-0.3, -0.25) is 19.8 Å². The molecular weight excluding hydrogens is 466 g/mol. The van der Waals surface area contributed by atoms with Crippen LogP contribution in [-0.2, 0) is 25.5 Å². The molecule has 10 heteroatoms. The largest absolute Gasteiger partial charge is 0.480 e. The number of nitrogens with zero attached hydrogens (tertiary/aromatic N) is 1. The number of amides is 1. The molecule has 36 heavy (non-hydrogen) atoms. The lowest BCUT2D eigenvalue weighted by Crippen LogP contribution is -2.50. The number of nitrogens with two attached hydrogens (primary N) is 1. The molecule has 2 rings (SSSR count). The molecule has 3 atom stereocenters. The van der Waals surface area contributed by atoms with Gasteiger partial charge in [-0.2, -0.15) is 0 Å². The minimum atomic E-state index is -1.20. The molecule has 1 aliphatic heterocycles. The van der Waals surface area contributed by atoms with Gasteiger partial charge in [0.2, 0.25) is 0 Å². The molecule has 1 saturated heterocycles. The molecular formula is C26H39N3O7. The van der Waals surface area contributed by atoms with Crippen LogP contribution in [0.4, 0.5) is 4.79 Å². The molecule has 0 saturated carbocycles. The number of benzene rings is 1.